The normalized spacial score (nSPS) is 29.5. The van der Waals surface area contributed by atoms with Crippen LogP contribution in [0.3, 0.4) is 0 Å². The van der Waals surface area contributed by atoms with Crippen LogP contribution >= 0.6 is 0 Å². The number of likely N-dealkylation sites (tertiary alicyclic amines) is 1. The van der Waals surface area contributed by atoms with E-state index < -0.39 is 0 Å². The summed E-state index contributed by atoms with van der Waals surface area (Å²) < 4.78 is 0. The van der Waals surface area contributed by atoms with Gasteiger partial charge >= 0.3 is 0 Å². The van der Waals surface area contributed by atoms with Crippen molar-refractivity contribution in [2.45, 2.75) is 51.6 Å². The fourth-order valence-corrected chi connectivity index (χ4v) is 6.27. The van der Waals surface area contributed by atoms with E-state index in [4.69, 9.17) is 0 Å². The van der Waals surface area contributed by atoms with Crippen molar-refractivity contribution < 1.29 is 4.79 Å². The van der Waals surface area contributed by atoms with Crippen LogP contribution in [0, 0.1) is 24.7 Å². The highest BCUT2D eigenvalue weighted by atomic mass is 16.2. The van der Waals surface area contributed by atoms with Crippen LogP contribution < -0.4 is 15.5 Å². The Kier molecular flexibility index (Phi) is 6.52. The number of nitrogens with zero attached hydrogens (tertiary/aromatic N) is 4. The van der Waals surface area contributed by atoms with Gasteiger partial charge in [-0.1, -0.05) is 13.0 Å². The summed E-state index contributed by atoms with van der Waals surface area (Å²) in [6.07, 6.45) is 8.13. The maximum Gasteiger partial charge on any atom is 0.225 e. The molecule has 4 heterocycles. The van der Waals surface area contributed by atoms with Gasteiger partial charge in [0.1, 0.15) is 5.52 Å². The average Bonchev–Trinajstić information content (AvgIpc) is 3.22. The van der Waals surface area contributed by atoms with Gasteiger partial charge in [0.2, 0.25) is 5.91 Å². The number of aromatic nitrogens is 2. The fraction of sp³-hybridized carbons (Fsp3) is 0.654. The first-order chi connectivity index (χ1) is 16.0. The van der Waals surface area contributed by atoms with E-state index in [0.717, 1.165) is 73.8 Å². The molecule has 1 aromatic heterocycles. The second kappa shape index (κ2) is 9.55. The smallest absolute Gasteiger partial charge is 0.225 e. The first-order valence-electron chi connectivity index (χ1n) is 12.7. The molecule has 0 aliphatic carbocycles. The zero-order chi connectivity index (χ0) is 22.9. The van der Waals surface area contributed by atoms with E-state index in [1.54, 1.807) is 12.4 Å². The summed E-state index contributed by atoms with van der Waals surface area (Å²) in [4.78, 5) is 27.4. The lowest BCUT2D eigenvalue weighted by atomic mass is 9.82. The number of amides is 1. The summed E-state index contributed by atoms with van der Waals surface area (Å²) >= 11 is 0. The van der Waals surface area contributed by atoms with Crippen molar-refractivity contribution in [1.29, 1.82) is 0 Å². The topological polar surface area (TPSA) is 73.4 Å². The Bertz CT molecular complexity index is 990. The number of nitrogens with one attached hydrogen (secondary N) is 2. The molecule has 2 unspecified atom stereocenters. The molecule has 1 aromatic carbocycles. The number of carbonyl (C=O) groups is 1. The summed E-state index contributed by atoms with van der Waals surface area (Å²) in [6, 6.07) is 5.13. The Balaban J connectivity index is 1.25. The molecule has 3 saturated heterocycles. The molecular weight excluding hydrogens is 412 g/mol. The van der Waals surface area contributed by atoms with Gasteiger partial charge in [0, 0.05) is 44.1 Å². The molecule has 0 radical (unpaired) electrons. The van der Waals surface area contributed by atoms with Crippen LogP contribution in [0.5, 0.6) is 0 Å². The molecule has 3 fully saturated rings. The van der Waals surface area contributed by atoms with Crippen molar-refractivity contribution in [3.63, 3.8) is 0 Å². The zero-order valence-electron chi connectivity index (χ0n) is 20.3. The van der Waals surface area contributed by atoms with Gasteiger partial charge in [-0.3, -0.25) is 14.8 Å². The van der Waals surface area contributed by atoms with Gasteiger partial charge in [0.15, 0.2) is 0 Å². The number of fused-ring (bicyclic) bond motifs is 1. The Morgan fingerprint density at radius 3 is 2.64 bits per heavy atom. The van der Waals surface area contributed by atoms with Crippen LogP contribution in [0.2, 0.25) is 0 Å². The summed E-state index contributed by atoms with van der Waals surface area (Å²) in [5, 5.41) is 6.95. The van der Waals surface area contributed by atoms with Crippen LogP contribution in [0.15, 0.2) is 24.5 Å². The van der Waals surface area contributed by atoms with Gasteiger partial charge in [-0.15, -0.1) is 0 Å². The van der Waals surface area contributed by atoms with E-state index in [-0.39, 0.29) is 11.8 Å². The first-order valence-corrected chi connectivity index (χ1v) is 12.7. The third-order valence-electron chi connectivity index (χ3n) is 8.29. The number of anilines is 1. The molecule has 1 amide bonds. The van der Waals surface area contributed by atoms with Crippen molar-refractivity contribution >= 4 is 22.6 Å². The molecule has 7 heteroatoms. The van der Waals surface area contributed by atoms with Crippen molar-refractivity contribution in [2.24, 2.45) is 17.8 Å². The van der Waals surface area contributed by atoms with Crippen LogP contribution in [0.1, 0.15) is 38.2 Å². The third kappa shape index (κ3) is 4.58. The quantitative estimate of drug-likeness (QED) is 0.746. The van der Waals surface area contributed by atoms with E-state index in [9.17, 15) is 4.79 Å². The number of carbonyl (C=O) groups excluding carboxylic acids is 1. The average molecular weight is 451 g/mol. The molecule has 0 saturated carbocycles. The minimum Gasteiger partial charge on any atom is -0.369 e. The van der Waals surface area contributed by atoms with Gasteiger partial charge in [-0.2, -0.15) is 0 Å². The molecule has 7 nitrogen and oxygen atoms in total. The number of aryl methyl sites for hydroxylation is 1. The Morgan fingerprint density at radius 2 is 1.85 bits per heavy atom. The third-order valence-corrected chi connectivity index (χ3v) is 8.29. The Hall–Kier alpha value is -2.25. The van der Waals surface area contributed by atoms with E-state index in [1.807, 2.05) is 0 Å². The SMILES string of the molecule is Cc1ccc(N2C[C@H](C(=O)NC3CCN(C)C(C4CCNCC4)C3)[C@@H](C)C2)c2nccnc12. The molecule has 0 spiro atoms. The second-order valence-corrected chi connectivity index (χ2v) is 10.5. The zero-order valence-corrected chi connectivity index (χ0v) is 20.3. The van der Waals surface area contributed by atoms with E-state index in [1.165, 1.54) is 12.8 Å². The lowest BCUT2D eigenvalue weighted by molar-refractivity contribution is -0.126. The second-order valence-electron chi connectivity index (χ2n) is 10.5. The molecule has 2 aromatic rings. The molecular formula is C26H38N6O. The number of hydrogen-bond acceptors (Lipinski definition) is 6. The predicted molar refractivity (Wildman–Crippen MR) is 132 cm³/mol. The van der Waals surface area contributed by atoms with Crippen LogP contribution in [0.4, 0.5) is 5.69 Å². The minimum absolute atomic E-state index is 0.00927. The molecule has 33 heavy (non-hydrogen) atoms. The predicted octanol–water partition coefficient (Wildman–Crippen LogP) is 2.59. The van der Waals surface area contributed by atoms with Crippen LogP contribution in [-0.4, -0.2) is 72.6 Å². The van der Waals surface area contributed by atoms with Crippen molar-refractivity contribution in [2.75, 3.05) is 44.7 Å². The summed E-state index contributed by atoms with van der Waals surface area (Å²) in [6.45, 7) is 9.21. The number of hydrogen-bond donors (Lipinski definition) is 2. The highest BCUT2D eigenvalue weighted by Crippen LogP contribution is 2.34. The van der Waals surface area contributed by atoms with Crippen molar-refractivity contribution in [1.82, 2.24) is 25.5 Å². The summed E-state index contributed by atoms with van der Waals surface area (Å²) in [5.74, 6) is 1.29. The largest absolute Gasteiger partial charge is 0.369 e. The van der Waals surface area contributed by atoms with Gasteiger partial charge < -0.3 is 20.4 Å². The van der Waals surface area contributed by atoms with Gasteiger partial charge in [-0.25, -0.2) is 0 Å². The highest BCUT2D eigenvalue weighted by Gasteiger charge is 2.38. The molecule has 178 valence electrons. The van der Waals surface area contributed by atoms with Crippen molar-refractivity contribution in [3.05, 3.63) is 30.1 Å². The maximum atomic E-state index is 13.4. The van der Waals surface area contributed by atoms with Crippen LogP contribution in [-0.2, 0) is 4.79 Å². The lowest BCUT2D eigenvalue weighted by Crippen LogP contribution is -2.53. The first kappa shape index (κ1) is 22.5. The number of piperidine rings is 2. The van der Waals surface area contributed by atoms with Gasteiger partial charge in [0.25, 0.3) is 0 Å². The van der Waals surface area contributed by atoms with Gasteiger partial charge in [0.05, 0.1) is 17.1 Å². The summed E-state index contributed by atoms with van der Waals surface area (Å²) in [5.41, 5.74) is 4.11. The van der Waals surface area contributed by atoms with E-state index >= 15 is 0 Å². The molecule has 3 aliphatic rings. The molecule has 0 bridgehead atoms. The number of benzene rings is 1. The molecule has 5 rings (SSSR count). The van der Waals surface area contributed by atoms with Gasteiger partial charge in [-0.05, 0) is 76.2 Å². The molecule has 2 N–H and O–H groups in total. The van der Waals surface area contributed by atoms with E-state index in [2.05, 4.69) is 63.4 Å². The molecule has 4 atom stereocenters. The minimum atomic E-state index is 0.00927. The van der Waals surface area contributed by atoms with Crippen molar-refractivity contribution in [3.8, 4) is 0 Å². The highest BCUT2D eigenvalue weighted by molar-refractivity contribution is 5.91. The maximum absolute atomic E-state index is 13.4. The van der Waals surface area contributed by atoms with Crippen LogP contribution in [0.25, 0.3) is 11.0 Å². The summed E-state index contributed by atoms with van der Waals surface area (Å²) in [7, 11) is 2.26. The Labute approximate surface area is 197 Å². The monoisotopic (exact) mass is 450 g/mol. The molecule has 3 aliphatic heterocycles. The standard InChI is InChI=1S/C26H38N6O/c1-17-4-5-22(25-24(17)28-11-12-29-25)32-15-18(2)21(16-32)26(33)30-20-8-13-31(3)23(14-20)19-6-9-27-10-7-19/h4-5,11-12,18-21,23,27H,6-10,13-16H2,1-3H3,(H,30,33)/t18-,20?,21-,23?/m0/s1. The number of rotatable bonds is 4. The fourth-order valence-electron chi connectivity index (χ4n) is 6.27. The van der Waals surface area contributed by atoms with E-state index in [0.29, 0.717) is 18.0 Å². The lowest BCUT2D eigenvalue weighted by Gasteiger charge is -2.43. The Morgan fingerprint density at radius 1 is 1.09 bits per heavy atom.